The van der Waals surface area contributed by atoms with Crippen LogP contribution in [0, 0.1) is 10.5 Å². The van der Waals surface area contributed by atoms with Crippen LogP contribution in [0.15, 0.2) is 82.8 Å². The molecule has 166 valence electrons. The molecule has 0 bridgehead atoms. The standard InChI is InChI=1S/C23H21ClIN3O3S/c1-16-8-11-19(24)14-22(16)28(32(30,31)21-6-4-3-5-7-21)15-23(29)27-26-17(2)18-9-12-20(25)13-10-18/h3-14H,15H2,1-2H3,(H,27,29)/b26-17-. The van der Waals surface area contributed by atoms with Gasteiger partial charge in [0.25, 0.3) is 15.9 Å². The van der Waals surface area contributed by atoms with Gasteiger partial charge in [-0.3, -0.25) is 9.10 Å². The van der Waals surface area contributed by atoms with Gasteiger partial charge < -0.3 is 0 Å². The van der Waals surface area contributed by atoms with Crippen LogP contribution in [0.3, 0.4) is 0 Å². The van der Waals surface area contributed by atoms with Crippen LogP contribution in [0.5, 0.6) is 0 Å². The number of carbonyl (C=O) groups excluding carboxylic acids is 1. The number of hydrogen-bond donors (Lipinski definition) is 1. The van der Waals surface area contributed by atoms with E-state index in [0.29, 0.717) is 22.0 Å². The van der Waals surface area contributed by atoms with Crippen LogP contribution in [0.25, 0.3) is 0 Å². The zero-order chi connectivity index (χ0) is 23.3. The van der Waals surface area contributed by atoms with Crippen molar-refractivity contribution in [2.75, 3.05) is 10.8 Å². The molecule has 0 saturated heterocycles. The van der Waals surface area contributed by atoms with Crippen molar-refractivity contribution in [2.45, 2.75) is 18.7 Å². The first kappa shape index (κ1) is 24.2. The molecule has 0 aromatic heterocycles. The van der Waals surface area contributed by atoms with Gasteiger partial charge in [-0.2, -0.15) is 5.10 Å². The topological polar surface area (TPSA) is 78.8 Å². The van der Waals surface area contributed by atoms with Gasteiger partial charge in [-0.05, 0) is 84.0 Å². The van der Waals surface area contributed by atoms with E-state index < -0.39 is 22.5 Å². The summed E-state index contributed by atoms with van der Waals surface area (Å²) in [6, 6.07) is 20.5. The molecule has 9 heteroatoms. The molecule has 1 amide bonds. The molecule has 0 aliphatic carbocycles. The summed E-state index contributed by atoms with van der Waals surface area (Å²) in [5.41, 5.74) is 4.91. The molecule has 3 aromatic carbocycles. The first-order valence-electron chi connectivity index (χ1n) is 9.61. The van der Waals surface area contributed by atoms with Crippen molar-refractivity contribution in [2.24, 2.45) is 5.10 Å². The van der Waals surface area contributed by atoms with E-state index in [2.05, 4.69) is 33.1 Å². The van der Waals surface area contributed by atoms with Crippen LogP contribution in [0.1, 0.15) is 18.1 Å². The first-order chi connectivity index (χ1) is 15.2. The average Bonchev–Trinajstić information content (AvgIpc) is 2.78. The molecule has 0 spiro atoms. The molecule has 0 atom stereocenters. The number of carbonyl (C=O) groups is 1. The van der Waals surface area contributed by atoms with E-state index in [0.717, 1.165) is 13.4 Å². The van der Waals surface area contributed by atoms with Crippen LogP contribution >= 0.6 is 34.2 Å². The van der Waals surface area contributed by atoms with Crippen molar-refractivity contribution >= 4 is 61.5 Å². The van der Waals surface area contributed by atoms with Crippen LogP contribution in [0.2, 0.25) is 5.02 Å². The number of rotatable bonds is 7. The lowest BCUT2D eigenvalue weighted by Crippen LogP contribution is -2.40. The Balaban J connectivity index is 1.90. The second kappa shape index (κ2) is 10.5. The van der Waals surface area contributed by atoms with Crippen molar-refractivity contribution in [1.29, 1.82) is 0 Å². The van der Waals surface area contributed by atoms with Gasteiger partial charge in [0.2, 0.25) is 0 Å². The van der Waals surface area contributed by atoms with Crippen LogP contribution in [-0.2, 0) is 14.8 Å². The van der Waals surface area contributed by atoms with E-state index in [1.165, 1.54) is 18.2 Å². The third-order valence-corrected chi connectivity index (χ3v) is 7.40. The molecule has 0 unspecified atom stereocenters. The van der Waals surface area contributed by atoms with Gasteiger partial charge in [-0.1, -0.05) is 48.0 Å². The Hall–Kier alpha value is -2.43. The molecule has 0 aliphatic heterocycles. The number of hydrogen-bond acceptors (Lipinski definition) is 4. The number of halogens is 2. The van der Waals surface area contributed by atoms with E-state index in [1.807, 2.05) is 24.3 Å². The Bertz CT molecular complexity index is 1250. The number of nitrogens with zero attached hydrogens (tertiary/aromatic N) is 2. The highest BCUT2D eigenvalue weighted by Gasteiger charge is 2.28. The predicted molar refractivity (Wildman–Crippen MR) is 137 cm³/mol. The molecule has 0 fully saturated rings. The number of anilines is 1. The minimum atomic E-state index is -4.02. The fraction of sp³-hybridized carbons (Fsp3) is 0.130. The Morgan fingerprint density at radius 3 is 2.38 bits per heavy atom. The van der Waals surface area contributed by atoms with Crippen molar-refractivity contribution in [3.63, 3.8) is 0 Å². The van der Waals surface area contributed by atoms with E-state index >= 15 is 0 Å². The summed E-state index contributed by atoms with van der Waals surface area (Å²) < 4.78 is 28.9. The molecule has 1 N–H and O–H groups in total. The SMILES string of the molecule is C/C(=N/NC(=O)CN(c1cc(Cl)ccc1C)S(=O)(=O)c1ccccc1)c1ccc(I)cc1. The molecule has 0 heterocycles. The third-order valence-electron chi connectivity index (χ3n) is 4.67. The zero-order valence-corrected chi connectivity index (χ0v) is 21.1. The van der Waals surface area contributed by atoms with Gasteiger partial charge in [-0.15, -0.1) is 0 Å². The number of hydrazone groups is 1. The Morgan fingerprint density at radius 2 is 1.72 bits per heavy atom. The maximum absolute atomic E-state index is 13.4. The number of sulfonamides is 1. The number of benzene rings is 3. The summed E-state index contributed by atoms with van der Waals surface area (Å²) >= 11 is 8.34. The molecule has 3 aromatic rings. The smallest absolute Gasteiger partial charge is 0.264 e. The highest BCUT2D eigenvalue weighted by Crippen LogP contribution is 2.29. The summed E-state index contributed by atoms with van der Waals surface area (Å²) in [5, 5.41) is 4.50. The molecular formula is C23H21ClIN3O3S. The van der Waals surface area contributed by atoms with Gasteiger partial charge in [0, 0.05) is 8.59 Å². The summed E-state index contributed by atoms with van der Waals surface area (Å²) in [6.45, 7) is 3.07. The largest absolute Gasteiger partial charge is 0.271 e. The van der Waals surface area contributed by atoms with E-state index in [4.69, 9.17) is 11.6 Å². The van der Waals surface area contributed by atoms with Crippen LogP contribution in [-0.4, -0.2) is 26.6 Å². The molecular weight excluding hydrogens is 561 g/mol. The average molecular weight is 582 g/mol. The Morgan fingerprint density at radius 1 is 1.06 bits per heavy atom. The molecule has 0 saturated carbocycles. The fourth-order valence-corrected chi connectivity index (χ4v) is 4.96. The summed E-state index contributed by atoms with van der Waals surface area (Å²) in [5.74, 6) is -0.575. The number of aryl methyl sites for hydroxylation is 1. The van der Waals surface area contributed by atoms with Crippen LogP contribution < -0.4 is 9.73 Å². The highest BCUT2D eigenvalue weighted by atomic mass is 127. The molecule has 32 heavy (non-hydrogen) atoms. The van der Waals surface area contributed by atoms with Gasteiger partial charge in [-0.25, -0.2) is 13.8 Å². The molecule has 6 nitrogen and oxygen atoms in total. The van der Waals surface area contributed by atoms with E-state index in [-0.39, 0.29) is 4.90 Å². The van der Waals surface area contributed by atoms with E-state index in [1.54, 1.807) is 44.2 Å². The predicted octanol–water partition coefficient (Wildman–Crippen LogP) is 4.99. The first-order valence-corrected chi connectivity index (χ1v) is 12.5. The van der Waals surface area contributed by atoms with Gasteiger partial charge in [0.05, 0.1) is 16.3 Å². The second-order valence-electron chi connectivity index (χ2n) is 6.99. The second-order valence-corrected chi connectivity index (χ2v) is 10.5. The lowest BCUT2D eigenvalue weighted by atomic mass is 10.1. The van der Waals surface area contributed by atoms with Crippen molar-refractivity contribution in [3.05, 3.63) is 92.5 Å². The third kappa shape index (κ3) is 5.87. The van der Waals surface area contributed by atoms with E-state index in [9.17, 15) is 13.2 Å². The molecule has 0 radical (unpaired) electrons. The van der Waals surface area contributed by atoms with Crippen molar-refractivity contribution in [1.82, 2.24) is 5.43 Å². The zero-order valence-electron chi connectivity index (χ0n) is 17.4. The maximum Gasteiger partial charge on any atom is 0.264 e. The summed E-state index contributed by atoms with van der Waals surface area (Å²) in [6.07, 6.45) is 0. The van der Waals surface area contributed by atoms with Gasteiger partial charge in [0.15, 0.2) is 0 Å². The highest BCUT2D eigenvalue weighted by molar-refractivity contribution is 14.1. The van der Waals surface area contributed by atoms with Gasteiger partial charge >= 0.3 is 0 Å². The van der Waals surface area contributed by atoms with Crippen molar-refractivity contribution in [3.8, 4) is 0 Å². The summed E-state index contributed by atoms with van der Waals surface area (Å²) in [7, 11) is -4.02. The number of nitrogens with one attached hydrogen (secondary N) is 1. The van der Waals surface area contributed by atoms with Crippen LogP contribution in [0.4, 0.5) is 5.69 Å². The van der Waals surface area contributed by atoms with Gasteiger partial charge in [0.1, 0.15) is 6.54 Å². The lowest BCUT2D eigenvalue weighted by molar-refractivity contribution is -0.119. The number of amides is 1. The normalized spacial score (nSPS) is 11.8. The molecule has 0 aliphatic rings. The maximum atomic E-state index is 13.4. The Labute approximate surface area is 206 Å². The fourth-order valence-electron chi connectivity index (χ4n) is 2.94. The minimum Gasteiger partial charge on any atom is -0.271 e. The Kier molecular flexibility index (Phi) is 7.91. The molecule has 3 rings (SSSR count). The minimum absolute atomic E-state index is 0.0748. The summed E-state index contributed by atoms with van der Waals surface area (Å²) in [4.78, 5) is 12.8. The lowest BCUT2D eigenvalue weighted by Gasteiger charge is -2.25. The monoisotopic (exact) mass is 581 g/mol. The quantitative estimate of drug-likeness (QED) is 0.243. The van der Waals surface area contributed by atoms with Crippen molar-refractivity contribution < 1.29 is 13.2 Å².